The van der Waals surface area contributed by atoms with E-state index in [1.807, 2.05) is 24.1 Å². The molecule has 0 aliphatic carbocycles. The lowest BCUT2D eigenvalue weighted by Crippen LogP contribution is -2.60. The zero-order valence-corrected chi connectivity index (χ0v) is 12.3. The highest BCUT2D eigenvalue weighted by Crippen LogP contribution is 2.40. The Hall–Kier alpha value is -1.95. The van der Waals surface area contributed by atoms with Crippen LogP contribution in [0.4, 0.5) is 5.82 Å². The first kappa shape index (κ1) is 12.8. The molecule has 0 amide bonds. The fourth-order valence-corrected chi connectivity index (χ4v) is 3.58. The van der Waals surface area contributed by atoms with Gasteiger partial charge in [-0.2, -0.15) is 5.10 Å². The highest BCUT2D eigenvalue weighted by Gasteiger charge is 2.49. The number of likely N-dealkylation sites (tertiary alicyclic amines) is 1. The van der Waals surface area contributed by atoms with Crippen LogP contribution >= 0.6 is 0 Å². The minimum absolute atomic E-state index is 0.327. The summed E-state index contributed by atoms with van der Waals surface area (Å²) in [5.41, 5.74) is 1.63. The number of aromatic nitrogens is 4. The van der Waals surface area contributed by atoms with E-state index in [1.165, 1.54) is 24.9 Å². The molecule has 0 N–H and O–H groups in total. The van der Waals surface area contributed by atoms with E-state index in [0.29, 0.717) is 5.54 Å². The van der Waals surface area contributed by atoms with Gasteiger partial charge in [0.25, 0.3) is 0 Å². The van der Waals surface area contributed by atoms with Gasteiger partial charge in [-0.15, -0.1) is 0 Å². The van der Waals surface area contributed by atoms with E-state index >= 15 is 0 Å². The molecule has 0 bridgehead atoms. The summed E-state index contributed by atoms with van der Waals surface area (Å²) >= 11 is 0. The van der Waals surface area contributed by atoms with Gasteiger partial charge in [-0.3, -0.25) is 14.6 Å². The van der Waals surface area contributed by atoms with Crippen molar-refractivity contribution in [3.05, 3.63) is 36.5 Å². The summed E-state index contributed by atoms with van der Waals surface area (Å²) in [6, 6.07) is 0. The van der Waals surface area contributed by atoms with Crippen molar-refractivity contribution >= 4 is 5.82 Å². The average Bonchev–Trinajstić information content (AvgIpc) is 3.13. The third-order valence-electron chi connectivity index (χ3n) is 4.86. The summed E-state index contributed by atoms with van der Waals surface area (Å²) in [7, 11) is 1.97. The number of hydrogen-bond donors (Lipinski definition) is 0. The van der Waals surface area contributed by atoms with Crippen molar-refractivity contribution in [2.24, 2.45) is 7.05 Å². The van der Waals surface area contributed by atoms with Gasteiger partial charge in [-0.05, 0) is 12.8 Å². The van der Waals surface area contributed by atoms with E-state index in [9.17, 15) is 0 Å². The third kappa shape index (κ3) is 2.19. The largest absolute Gasteiger partial charge is 0.353 e. The summed E-state index contributed by atoms with van der Waals surface area (Å²) in [6.45, 7) is 4.32. The Morgan fingerprint density at radius 1 is 1.19 bits per heavy atom. The zero-order valence-electron chi connectivity index (χ0n) is 12.3. The molecule has 4 heterocycles. The van der Waals surface area contributed by atoms with E-state index < -0.39 is 0 Å². The normalized spacial score (nSPS) is 25.5. The number of anilines is 1. The van der Waals surface area contributed by atoms with Gasteiger partial charge in [0, 0.05) is 62.9 Å². The van der Waals surface area contributed by atoms with E-state index in [4.69, 9.17) is 0 Å². The third-order valence-corrected chi connectivity index (χ3v) is 4.86. The number of nitrogens with zero attached hydrogens (tertiary/aromatic N) is 6. The maximum absolute atomic E-state index is 4.43. The highest BCUT2D eigenvalue weighted by atomic mass is 15.3. The molecule has 0 unspecified atom stereocenters. The van der Waals surface area contributed by atoms with Gasteiger partial charge in [0.05, 0.1) is 12.4 Å². The zero-order chi connectivity index (χ0) is 14.3. The van der Waals surface area contributed by atoms with Crippen LogP contribution in [-0.2, 0) is 13.6 Å². The summed E-state index contributed by atoms with van der Waals surface area (Å²) in [6.07, 6.45) is 11.9. The molecule has 0 aromatic carbocycles. The highest BCUT2D eigenvalue weighted by molar-refractivity contribution is 5.39. The quantitative estimate of drug-likeness (QED) is 0.843. The van der Waals surface area contributed by atoms with Crippen LogP contribution in [0, 0.1) is 0 Å². The van der Waals surface area contributed by atoms with Gasteiger partial charge in [0.15, 0.2) is 0 Å². The maximum atomic E-state index is 4.43. The molecule has 2 aromatic rings. The monoisotopic (exact) mass is 284 g/mol. The summed E-state index contributed by atoms with van der Waals surface area (Å²) in [5.74, 6) is 1.00. The molecule has 1 spiro atoms. The van der Waals surface area contributed by atoms with Crippen molar-refractivity contribution in [1.82, 2.24) is 24.6 Å². The predicted octanol–water partition coefficient (Wildman–Crippen LogP) is 1.06. The molecule has 21 heavy (non-hydrogen) atoms. The van der Waals surface area contributed by atoms with Crippen LogP contribution < -0.4 is 4.90 Å². The van der Waals surface area contributed by atoms with E-state index in [0.717, 1.165) is 25.5 Å². The van der Waals surface area contributed by atoms with Crippen molar-refractivity contribution in [2.45, 2.75) is 24.9 Å². The molecule has 6 heteroatoms. The molecule has 2 saturated heterocycles. The lowest BCUT2D eigenvalue weighted by Gasteiger charge is -2.50. The Labute approximate surface area is 124 Å². The summed E-state index contributed by atoms with van der Waals surface area (Å²) in [4.78, 5) is 13.6. The van der Waals surface area contributed by atoms with Crippen LogP contribution in [0.2, 0.25) is 0 Å². The van der Waals surface area contributed by atoms with Crippen LogP contribution in [0.15, 0.2) is 31.0 Å². The van der Waals surface area contributed by atoms with Gasteiger partial charge < -0.3 is 4.90 Å². The van der Waals surface area contributed by atoms with E-state index in [2.05, 4.69) is 31.1 Å². The Kier molecular flexibility index (Phi) is 2.92. The molecule has 6 nitrogen and oxygen atoms in total. The lowest BCUT2D eigenvalue weighted by molar-refractivity contribution is -0.00480. The van der Waals surface area contributed by atoms with Crippen molar-refractivity contribution in [3.8, 4) is 0 Å². The Balaban J connectivity index is 1.46. The Bertz CT molecular complexity index is 624. The topological polar surface area (TPSA) is 50.1 Å². The van der Waals surface area contributed by atoms with E-state index in [1.54, 1.807) is 12.4 Å². The molecule has 2 aliphatic heterocycles. The summed E-state index contributed by atoms with van der Waals surface area (Å²) in [5, 5.41) is 4.27. The average molecular weight is 284 g/mol. The standard InChI is InChI=1S/C15H20N6/c1-19-10-13(8-18-19)11-21-7-3-15(21)2-6-20(12-15)14-9-16-4-5-17-14/h4-5,8-10H,2-3,6-7,11-12H2,1H3/t15-/m1/s1. The predicted molar refractivity (Wildman–Crippen MR) is 79.8 cm³/mol. The molecule has 1 atom stereocenters. The van der Waals surface area contributed by atoms with Crippen molar-refractivity contribution in [3.63, 3.8) is 0 Å². The summed E-state index contributed by atoms with van der Waals surface area (Å²) < 4.78 is 1.88. The molecule has 4 rings (SSSR count). The van der Waals surface area contributed by atoms with Crippen LogP contribution in [0.5, 0.6) is 0 Å². The molecule has 2 aliphatic rings. The minimum Gasteiger partial charge on any atom is -0.353 e. The maximum Gasteiger partial charge on any atom is 0.147 e. The SMILES string of the molecule is Cn1cc(CN2CC[C@@]23CCN(c2cnccn2)C3)cn1. The Morgan fingerprint density at radius 3 is 2.76 bits per heavy atom. The second kappa shape index (κ2) is 4.80. The van der Waals surface area contributed by atoms with Crippen LogP contribution in [0.3, 0.4) is 0 Å². The van der Waals surface area contributed by atoms with Crippen LogP contribution in [0.1, 0.15) is 18.4 Å². The van der Waals surface area contributed by atoms with Gasteiger partial charge in [-0.1, -0.05) is 0 Å². The van der Waals surface area contributed by atoms with Gasteiger partial charge in [0.2, 0.25) is 0 Å². The van der Waals surface area contributed by atoms with Crippen molar-refractivity contribution in [2.75, 3.05) is 24.5 Å². The van der Waals surface area contributed by atoms with Gasteiger partial charge >= 0.3 is 0 Å². The molecular formula is C15H20N6. The smallest absolute Gasteiger partial charge is 0.147 e. The molecule has 0 radical (unpaired) electrons. The number of hydrogen-bond acceptors (Lipinski definition) is 5. The second-order valence-electron chi connectivity index (χ2n) is 6.15. The molecule has 2 aromatic heterocycles. The fraction of sp³-hybridized carbons (Fsp3) is 0.533. The van der Waals surface area contributed by atoms with E-state index in [-0.39, 0.29) is 0 Å². The first-order valence-corrected chi connectivity index (χ1v) is 7.49. The van der Waals surface area contributed by atoms with Gasteiger partial charge in [0.1, 0.15) is 5.82 Å². The lowest BCUT2D eigenvalue weighted by atomic mass is 9.83. The van der Waals surface area contributed by atoms with Gasteiger partial charge in [-0.25, -0.2) is 4.98 Å². The van der Waals surface area contributed by atoms with Crippen molar-refractivity contribution in [1.29, 1.82) is 0 Å². The first-order valence-electron chi connectivity index (χ1n) is 7.49. The Morgan fingerprint density at radius 2 is 2.10 bits per heavy atom. The molecule has 2 fully saturated rings. The second-order valence-corrected chi connectivity index (χ2v) is 6.15. The number of rotatable bonds is 3. The first-order chi connectivity index (χ1) is 10.3. The fourth-order valence-electron chi connectivity index (χ4n) is 3.58. The van der Waals surface area contributed by atoms with Crippen molar-refractivity contribution < 1.29 is 0 Å². The van der Waals surface area contributed by atoms with Crippen LogP contribution in [-0.4, -0.2) is 49.8 Å². The molecule has 110 valence electrons. The molecule has 0 saturated carbocycles. The van der Waals surface area contributed by atoms with Crippen LogP contribution in [0.25, 0.3) is 0 Å². The number of aryl methyl sites for hydroxylation is 1. The molecular weight excluding hydrogens is 264 g/mol. The minimum atomic E-state index is 0.327.